The maximum absolute atomic E-state index is 12.3. The second-order valence-electron chi connectivity index (χ2n) is 5.73. The molecule has 0 aromatic heterocycles. The summed E-state index contributed by atoms with van der Waals surface area (Å²) in [5.41, 5.74) is 0.866. The third kappa shape index (κ3) is 6.45. The maximum atomic E-state index is 12.3. The molecule has 0 fully saturated rings. The van der Waals surface area contributed by atoms with Crippen molar-refractivity contribution in [1.82, 2.24) is 5.32 Å². The van der Waals surface area contributed by atoms with Gasteiger partial charge in [-0.15, -0.1) is 0 Å². The maximum Gasteiger partial charge on any atom is 0.343 e. The minimum Gasteiger partial charge on any atom is -0.493 e. The summed E-state index contributed by atoms with van der Waals surface area (Å²) in [6.07, 6.45) is 1.42. The van der Waals surface area contributed by atoms with Gasteiger partial charge in [0.15, 0.2) is 11.5 Å². The van der Waals surface area contributed by atoms with E-state index in [0.717, 1.165) is 4.47 Å². The molecule has 2 aromatic rings. The van der Waals surface area contributed by atoms with Crippen LogP contribution in [0.4, 0.5) is 0 Å². The number of carbonyl (C=O) groups excluding carboxylic acids is 2. The molecule has 0 radical (unpaired) electrons. The molecular formula is C21H19BrN2O5. The topological polar surface area (TPSA) is 97.6 Å². The Kier molecular flexibility index (Phi) is 8.40. The number of hydrogen-bond donors (Lipinski definition) is 1. The average molecular weight is 459 g/mol. The van der Waals surface area contributed by atoms with Crippen LogP contribution in [0, 0.1) is 11.3 Å². The lowest BCUT2D eigenvalue weighted by Gasteiger charge is -2.10. The second kappa shape index (κ2) is 11.0. The van der Waals surface area contributed by atoms with Crippen LogP contribution in [0.15, 0.2) is 52.5 Å². The van der Waals surface area contributed by atoms with Gasteiger partial charge in [0.25, 0.3) is 5.91 Å². The number of esters is 1. The first kappa shape index (κ1) is 22.1. The van der Waals surface area contributed by atoms with Crippen LogP contribution in [0.3, 0.4) is 0 Å². The number of hydrogen-bond acceptors (Lipinski definition) is 6. The number of ether oxygens (including phenoxy) is 3. The van der Waals surface area contributed by atoms with Gasteiger partial charge in [-0.1, -0.05) is 22.0 Å². The van der Waals surface area contributed by atoms with Crippen molar-refractivity contribution in [2.45, 2.75) is 0 Å². The Hall–Kier alpha value is -3.15. The highest BCUT2D eigenvalue weighted by atomic mass is 79.9. The molecule has 0 heterocycles. The van der Waals surface area contributed by atoms with Crippen molar-refractivity contribution in [3.8, 4) is 17.6 Å². The van der Waals surface area contributed by atoms with E-state index in [1.807, 2.05) is 6.07 Å². The molecule has 2 rings (SSSR count). The average Bonchev–Trinajstić information content (AvgIpc) is 2.73. The molecule has 1 N–H and O–H groups in total. The van der Waals surface area contributed by atoms with E-state index in [9.17, 15) is 14.9 Å². The predicted molar refractivity (Wildman–Crippen MR) is 111 cm³/mol. The molecule has 7 nitrogen and oxygen atoms in total. The van der Waals surface area contributed by atoms with Gasteiger partial charge in [0.1, 0.15) is 11.6 Å². The summed E-state index contributed by atoms with van der Waals surface area (Å²) in [4.78, 5) is 24.3. The lowest BCUT2D eigenvalue weighted by molar-refractivity contribution is -0.117. The zero-order valence-electron chi connectivity index (χ0n) is 15.9. The Labute approximate surface area is 177 Å². The van der Waals surface area contributed by atoms with E-state index in [-0.39, 0.29) is 11.3 Å². The predicted octanol–water partition coefficient (Wildman–Crippen LogP) is 3.35. The van der Waals surface area contributed by atoms with E-state index in [1.165, 1.54) is 20.3 Å². The molecule has 0 unspecified atom stereocenters. The van der Waals surface area contributed by atoms with Crippen LogP contribution in [0.2, 0.25) is 0 Å². The van der Waals surface area contributed by atoms with Crippen molar-refractivity contribution < 1.29 is 23.8 Å². The summed E-state index contributed by atoms with van der Waals surface area (Å²) in [6, 6.07) is 13.3. The van der Waals surface area contributed by atoms with Crippen LogP contribution in [0.1, 0.15) is 15.9 Å². The zero-order chi connectivity index (χ0) is 21.2. The van der Waals surface area contributed by atoms with E-state index in [1.54, 1.807) is 42.5 Å². The first-order chi connectivity index (χ1) is 14.0. The van der Waals surface area contributed by atoms with Gasteiger partial charge in [0.2, 0.25) is 0 Å². The molecule has 29 heavy (non-hydrogen) atoms. The molecule has 1 amide bonds. The third-order valence-electron chi connectivity index (χ3n) is 3.74. The van der Waals surface area contributed by atoms with E-state index in [2.05, 4.69) is 21.2 Å². The number of halogens is 1. The fraction of sp³-hybridized carbons (Fsp3) is 0.190. The molecule has 0 atom stereocenters. The zero-order valence-corrected chi connectivity index (χ0v) is 17.5. The van der Waals surface area contributed by atoms with Gasteiger partial charge in [0, 0.05) is 18.1 Å². The van der Waals surface area contributed by atoms with E-state index in [4.69, 9.17) is 14.2 Å². The monoisotopic (exact) mass is 458 g/mol. The second-order valence-corrected chi connectivity index (χ2v) is 6.64. The number of amides is 1. The summed E-state index contributed by atoms with van der Waals surface area (Å²) >= 11 is 3.31. The Balaban J connectivity index is 2.18. The summed E-state index contributed by atoms with van der Waals surface area (Å²) in [5.74, 6) is -0.523. The summed E-state index contributed by atoms with van der Waals surface area (Å²) < 4.78 is 16.4. The van der Waals surface area contributed by atoms with Crippen LogP contribution < -0.4 is 14.8 Å². The minimum atomic E-state index is -0.533. The molecule has 0 spiro atoms. The smallest absolute Gasteiger partial charge is 0.343 e. The minimum absolute atomic E-state index is 0.0669. The first-order valence-electron chi connectivity index (χ1n) is 8.53. The van der Waals surface area contributed by atoms with Crippen LogP contribution in [0.25, 0.3) is 6.08 Å². The summed E-state index contributed by atoms with van der Waals surface area (Å²) in [5, 5.41) is 11.8. The van der Waals surface area contributed by atoms with Gasteiger partial charge >= 0.3 is 5.97 Å². The number of nitrogens with zero attached hydrogens (tertiary/aromatic N) is 1. The number of methoxy groups -OCH3 is 2. The molecule has 0 saturated heterocycles. The quantitative estimate of drug-likeness (QED) is 0.214. The van der Waals surface area contributed by atoms with Gasteiger partial charge in [-0.2, -0.15) is 5.26 Å². The first-order valence-corrected chi connectivity index (χ1v) is 9.32. The van der Waals surface area contributed by atoms with Crippen molar-refractivity contribution in [2.24, 2.45) is 0 Å². The molecule has 0 bridgehead atoms. The van der Waals surface area contributed by atoms with Gasteiger partial charge in [0.05, 0.1) is 19.3 Å². The highest BCUT2D eigenvalue weighted by molar-refractivity contribution is 9.10. The lowest BCUT2D eigenvalue weighted by atomic mass is 10.1. The van der Waals surface area contributed by atoms with Crippen LogP contribution in [0.5, 0.6) is 11.5 Å². The lowest BCUT2D eigenvalue weighted by Crippen LogP contribution is -2.27. The Morgan fingerprint density at radius 3 is 2.48 bits per heavy atom. The van der Waals surface area contributed by atoms with Crippen molar-refractivity contribution >= 4 is 33.9 Å². The Morgan fingerprint density at radius 2 is 1.86 bits per heavy atom. The molecule has 0 aliphatic heterocycles. The Bertz CT molecular complexity index is 949. The number of nitrogens with one attached hydrogen (secondary N) is 1. The number of nitriles is 1. The van der Waals surface area contributed by atoms with Gasteiger partial charge in [-0.3, -0.25) is 4.79 Å². The highest BCUT2D eigenvalue weighted by Gasteiger charge is 2.14. The largest absolute Gasteiger partial charge is 0.493 e. The van der Waals surface area contributed by atoms with Crippen LogP contribution in [-0.2, 0) is 9.53 Å². The van der Waals surface area contributed by atoms with Crippen molar-refractivity contribution in [1.29, 1.82) is 5.26 Å². The van der Waals surface area contributed by atoms with E-state index >= 15 is 0 Å². The molecule has 0 saturated carbocycles. The standard InChI is InChI=1S/C21H19BrN2O5/c1-27-10-9-24-20(25)16(13-23)11-14-3-8-18(19(12-14)28-2)29-21(26)15-4-6-17(22)7-5-15/h3-8,11-12H,9-10H2,1-2H3,(H,24,25)/b16-11+. The normalized spacial score (nSPS) is 10.8. The molecule has 8 heteroatoms. The molecule has 2 aromatic carbocycles. The van der Waals surface area contributed by atoms with Crippen molar-refractivity contribution in [3.05, 3.63) is 63.6 Å². The Morgan fingerprint density at radius 1 is 1.14 bits per heavy atom. The number of carbonyl (C=O) groups is 2. The molecule has 0 aliphatic carbocycles. The number of rotatable bonds is 8. The van der Waals surface area contributed by atoms with Crippen LogP contribution >= 0.6 is 15.9 Å². The fourth-order valence-corrected chi connectivity index (χ4v) is 2.54. The molecule has 0 aliphatic rings. The fourth-order valence-electron chi connectivity index (χ4n) is 2.28. The molecular weight excluding hydrogens is 440 g/mol. The molecule has 150 valence electrons. The van der Waals surface area contributed by atoms with Gasteiger partial charge < -0.3 is 19.5 Å². The summed E-state index contributed by atoms with van der Waals surface area (Å²) in [6.45, 7) is 0.638. The SMILES string of the molecule is COCCNC(=O)/C(C#N)=C/c1ccc(OC(=O)c2ccc(Br)cc2)c(OC)c1. The van der Waals surface area contributed by atoms with Gasteiger partial charge in [-0.25, -0.2) is 4.79 Å². The summed E-state index contributed by atoms with van der Waals surface area (Å²) in [7, 11) is 2.95. The number of benzene rings is 2. The van der Waals surface area contributed by atoms with Crippen LogP contribution in [-0.4, -0.2) is 39.2 Å². The van der Waals surface area contributed by atoms with Crippen molar-refractivity contribution in [3.63, 3.8) is 0 Å². The third-order valence-corrected chi connectivity index (χ3v) is 4.27. The van der Waals surface area contributed by atoms with E-state index < -0.39 is 11.9 Å². The van der Waals surface area contributed by atoms with E-state index in [0.29, 0.717) is 30.0 Å². The van der Waals surface area contributed by atoms with Crippen molar-refractivity contribution in [2.75, 3.05) is 27.4 Å². The highest BCUT2D eigenvalue weighted by Crippen LogP contribution is 2.30. The van der Waals surface area contributed by atoms with Gasteiger partial charge in [-0.05, 0) is 48.0 Å².